The molecule has 2 saturated carbocycles. The van der Waals surface area contributed by atoms with Gasteiger partial charge in [0.1, 0.15) is 0 Å². The van der Waals surface area contributed by atoms with Crippen LogP contribution in [-0.2, 0) is 4.79 Å². The molecule has 0 aromatic carbocycles. The summed E-state index contributed by atoms with van der Waals surface area (Å²) in [4.78, 5) is 11.2. The Labute approximate surface area is 105 Å². The highest BCUT2D eigenvalue weighted by molar-refractivity contribution is 5.75. The predicted molar refractivity (Wildman–Crippen MR) is 69.7 cm³/mol. The lowest BCUT2D eigenvalue weighted by molar-refractivity contribution is -0.120. The Morgan fingerprint density at radius 2 is 2.06 bits per heavy atom. The third-order valence-electron chi connectivity index (χ3n) is 5.25. The summed E-state index contributed by atoms with van der Waals surface area (Å²) in [5.74, 6) is 0.994. The summed E-state index contributed by atoms with van der Waals surface area (Å²) < 4.78 is 0. The minimum Gasteiger partial charge on any atom is -0.359 e. The average molecular weight is 238 g/mol. The van der Waals surface area contributed by atoms with Crippen LogP contribution in [0.4, 0.5) is 0 Å². The van der Waals surface area contributed by atoms with Crippen LogP contribution in [0.25, 0.3) is 0 Å². The molecule has 2 rings (SSSR count). The Morgan fingerprint density at radius 1 is 1.35 bits per heavy atom. The monoisotopic (exact) mass is 238 g/mol. The number of rotatable bonds is 4. The van der Waals surface area contributed by atoms with Gasteiger partial charge in [-0.05, 0) is 36.0 Å². The zero-order chi connectivity index (χ0) is 12.7. The van der Waals surface area contributed by atoms with E-state index in [2.05, 4.69) is 31.4 Å². The molecule has 3 nitrogen and oxygen atoms in total. The lowest BCUT2D eigenvalue weighted by Crippen LogP contribution is -2.50. The molecule has 17 heavy (non-hydrogen) atoms. The Morgan fingerprint density at radius 3 is 2.59 bits per heavy atom. The van der Waals surface area contributed by atoms with Gasteiger partial charge in [0.15, 0.2) is 0 Å². The first kappa shape index (κ1) is 12.9. The maximum atomic E-state index is 11.2. The van der Waals surface area contributed by atoms with Gasteiger partial charge in [-0.15, -0.1) is 0 Å². The van der Waals surface area contributed by atoms with Crippen molar-refractivity contribution in [3.05, 3.63) is 0 Å². The van der Waals surface area contributed by atoms with E-state index < -0.39 is 0 Å². The van der Waals surface area contributed by atoms with Crippen molar-refractivity contribution >= 4 is 5.91 Å². The Bertz CT molecular complexity index is 309. The van der Waals surface area contributed by atoms with Crippen LogP contribution in [0.5, 0.6) is 0 Å². The highest BCUT2D eigenvalue weighted by Gasteiger charge is 2.58. The van der Waals surface area contributed by atoms with Crippen LogP contribution in [-0.4, -0.2) is 25.5 Å². The van der Waals surface area contributed by atoms with Gasteiger partial charge in [-0.3, -0.25) is 4.79 Å². The van der Waals surface area contributed by atoms with E-state index in [1.807, 2.05) is 0 Å². The first-order chi connectivity index (χ1) is 7.90. The normalized spacial score (nSPS) is 38.4. The molecular weight excluding hydrogens is 212 g/mol. The van der Waals surface area contributed by atoms with Gasteiger partial charge in [0.25, 0.3) is 0 Å². The third kappa shape index (κ3) is 2.10. The van der Waals surface area contributed by atoms with Crippen LogP contribution in [0.2, 0.25) is 0 Å². The molecular formula is C14H26N2O. The molecule has 98 valence electrons. The molecule has 0 radical (unpaired) electrons. The van der Waals surface area contributed by atoms with Crippen molar-refractivity contribution in [1.29, 1.82) is 0 Å². The molecule has 2 aliphatic rings. The quantitative estimate of drug-likeness (QED) is 0.786. The van der Waals surface area contributed by atoms with Crippen molar-refractivity contribution in [3.8, 4) is 0 Å². The minimum atomic E-state index is 0.128. The molecule has 2 fully saturated rings. The van der Waals surface area contributed by atoms with Crippen molar-refractivity contribution in [2.75, 3.05) is 13.6 Å². The molecule has 2 aliphatic carbocycles. The number of carbonyl (C=O) groups excluding carboxylic acids is 1. The molecule has 1 unspecified atom stereocenters. The molecule has 3 atom stereocenters. The number of nitrogens with one attached hydrogen (secondary N) is 2. The van der Waals surface area contributed by atoms with Crippen molar-refractivity contribution < 1.29 is 4.79 Å². The maximum Gasteiger partial charge on any atom is 0.221 e. The summed E-state index contributed by atoms with van der Waals surface area (Å²) in [6.07, 6.45) is 4.68. The highest BCUT2D eigenvalue weighted by atomic mass is 16.1. The number of amides is 1. The zero-order valence-electron chi connectivity index (χ0n) is 11.6. The van der Waals surface area contributed by atoms with E-state index in [0.29, 0.717) is 23.3 Å². The maximum absolute atomic E-state index is 11.2. The fourth-order valence-corrected chi connectivity index (χ4v) is 4.27. The summed E-state index contributed by atoms with van der Waals surface area (Å²) in [6, 6.07) is 0.568. The second-order valence-corrected chi connectivity index (χ2v) is 6.73. The van der Waals surface area contributed by atoms with Gasteiger partial charge in [-0.2, -0.15) is 0 Å². The lowest BCUT2D eigenvalue weighted by atomic mass is 9.68. The van der Waals surface area contributed by atoms with E-state index in [9.17, 15) is 4.79 Å². The molecule has 2 N–H and O–H groups in total. The van der Waals surface area contributed by atoms with E-state index in [4.69, 9.17) is 0 Å². The van der Waals surface area contributed by atoms with E-state index in [0.717, 1.165) is 12.5 Å². The molecule has 2 bridgehead atoms. The molecule has 3 heteroatoms. The summed E-state index contributed by atoms with van der Waals surface area (Å²) in [7, 11) is 1.70. The minimum absolute atomic E-state index is 0.128. The van der Waals surface area contributed by atoms with Gasteiger partial charge in [0.2, 0.25) is 5.91 Å². The van der Waals surface area contributed by atoms with Gasteiger partial charge in [0.05, 0.1) is 0 Å². The number of carbonyl (C=O) groups is 1. The van der Waals surface area contributed by atoms with Crippen LogP contribution >= 0.6 is 0 Å². The Kier molecular flexibility index (Phi) is 3.23. The van der Waals surface area contributed by atoms with Gasteiger partial charge < -0.3 is 10.6 Å². The molecule has 0 heterocycles. The molecule has 0 aliphatic heterocycles. The molecule has 0 aromatic heterocycles. The van der Waals surface area contributed by atoms with E-state index >= 15 is 0 Å². The standard InChI is InChI=1S/C14H26N2O/c1-13(2)10-5-7-14(3,9-10)12(13)16-8-6-11(17)15-4/h10,12,16H,5-9H2,1-4H3,(H,15,17)/t10-,12?,14+/m0/s1. The summed E-state index contributed by atoms with van der Waals surface area (Å²) in [5, 5.41) is 6.32. The molecule has 0 spiro atoms. The molecule has 0 aromatic rings. The van der Waals surface area contributed by atoms with E-state index in [1.54, 1.807) is 7.05 Å². The van der Waals surface area contributed by atoms with Gasteiger partial charge in [0, 0.05) is 26.1 Å². The van der Waals surface area contributed by atoms with Crippen LogP contribution < -0.4 is 10.6 Å². The summed E-state index contributed by atoms with van der Waals surface area (Å²) in [6.45, 7) is 7.99. The van der Waals surface area contributed by atoms with Crippen LogP contribution in [0.3, 0.4) is 0 Å². The fraction of sp³-hybridized carbons (Fsp3) is 0.929. The van der Waals surface area contributed by atoms with Crippen molar-refractivity contribution in [1.82, 2.24) is 10.6 Å². The fourth-order valence-electron chi connectivity index (χ4n) is 4.27. The molecule has 1 amide bonds. The highest BCUT2D eigenvalue weighted by Crippen LogP contribution is 2.62. The predicted octanol–water partition coefficient (Wildman–Crippen LogP) is 1.93. The van der Waals surface area contributed by atoms with Gasteiger partial charge >= 0.3 is 0 Å². The SMILES string of the molecule is CNC(=O)CCNC1C(C)(C)[C@H]2CC[C@]1(C)C2. The van der Waals surface area contributed by atoms with Gasteiger partial charge in [-0.1, -0.05) is 20.8 Å². The van der Waals surface area contributed by atoms with E-state index in [1.165, 1.54) is 19.3 Å². The van der Waals surface area contributed by atoms with Crippen LogP contribution in [0.15, 0.2) is 0 Å². The van der Waals surface area contributed by atoms with Crippen LogP contribution in [0, 0.1) is 16.7 Å². The topological polar surface area (TPSA) is 41.1 Å². The number of fused-ring (bicyclic) bond motifs is 2. The van der Waals surface area contributed by atoms with Crippen molar-refractivity contribution in [2.45, 2.75) is 52.5 Å². The number of hydrogen-bond acceptors (Lipinski definition) is 2. The molecule has 0 saturated heterocycles. The summed E-state index contributed by atoms with van der Waals surface area (Å²) in [5.41, 5.74) is 0.840. The second kappa shape index (κ2) is 4.27. The lowest BCUT2D eigenvalue weighted by Gasteiger charge is -2.43. The van der Waals surface area contributed by atoms with E-state index in [-0.39, 0.29) is 5.91 Å². The third-order valence-corrected chi connectivity index (χ3v) is 5.25. The average Bonchev–Trinajstić information content (AvgIpc) is 2.73. The largest absolute Gasteiger partial charge is 0.359 e. The van der Waals surface area contributed by atoms with Crippen molar-refractivity contribution in [2.24, 2.45) is 16.7 Å². The smallest absolute Gasteiger partial charge is 0.221 e. The van der Waals surface area contributed by atoms with Gasteiger partial charge in [-0.25, -0.2) is 0 Å². The summed E-state index contributed by atoms with van der Waals surface area (Å²) >= 11 is 0. The van der Waals surface area contributed by atoms with Crippen LogP contribution in [0.1, 0.15) is 46.5 Å². The Balaban J connectivity index is 1.94. The van der Waals surface area contributed by atoms with Crippen molar-refractivity contribution in [3.63, 3.8) is 0 Å². The second-order valence-electron chi connectivity index (χ2n) is 6.73. The number of hydrogen-bond donors (Lipinski definition) is 2. The first-order valence-corrected chi connectivity index (χ1v) is 6.84. The first-order valence-electron chi connectivity index (χ1n) is 6.84. The zero-order valence-corrected chi connectivity index (χ0v) is 11.6. The Hall–Kier alpha value is -0.570.